The Labute approximate surface area is 114 Å². The molecule has 0 aromatic heterocycles. The molecule has 2 atom stereocenters. The molecule has 18 heavy (non-hydrogen) atoms. The molecule has 2 aliphatic rings. The van der Waals surface area contributed by atoms with Gasteiger partial charge in [0.05, 0.1) is 0 Å². The molecular formula is C14H19ClN2O. The number of amides is 1. The highest BCUT2D eigenvalue weighted by Gasteiger charge is 2.36. The van der Waals surface area contributed by atoms with Gasteiger partial charge in [0, 0.05) is 31.1 Å². The molecule has 3 rings (SSSR count). The van der Waals surface area contributed by atoms with Crippen LogP contribution in [0.1, 0.15) is 31.2 Å². The molecule has 1 N–H and O–H groups in total. The molecule has 1 amide bonds. The third-order valence-corrected chi connectivity index (χ3v) is 3.97. The second kappa shape index (κ2) is 5.29. The average molecular weight is 267 g/mol. The topological polar surface area (TPSA) is 32.3 Å². The molecule has 0 saturated carbocycles. The van der Waals surface area contributed by atoms with Gasteiger partial charge in [-0.15, -0.1) is 12.4 Å². The van der Waals surface area contributed by atoms with E-state index in [1.165, 1.54) is 18.4 Å². The van der Waals surface area contributed by atoms with E-state index in [0.717, 1.165) is 18.8 Å². The molecule has 2 unspecified atom stereocenters. The molecule has 98 valence electrons. The molecule has 0 radical (unpaired) electrons. The summed E-state index contributed by atoms with van der Waals surface area (Å²) in [5.41, 5.74) is 2.45. The minimum absolute atomic E-state index is 0. The van der Waals surface area contributed by atoms with Gasteiger partial charge >= 0.3 is 0 Å². The highest BCUT2D eigenvalue weighted by Crippen LogP contribution is 2.39. The standard InChI is InChI=1S/C14H18N2O.ClH/c1-10(17)16-9-12(13-6-4-8-15-13)11-5-2-3-7-14(11)16;/h2-3,5,7,12-13,15H,4,6,8-9H2,1H3;1H. The predicted octanol–water partition coefficient (Wildman–Crippen LogP) is 2.31. The lowest BCUT2D eigenvalue weighted by molar-refractivity contribution is -0.116. The number of nitrogens with zero attached hydrogens (tertiary/aromatic N) is 1. The molecule has 0 aliphatic carbocycles. The lowest BCUT2D eigenvalue weighted by atomic mass is 9.92. The van der Waals surface area contributed by atoms with E-state index in [4.69, 9.17) is 0 Å². The van der Waals surface area contributed by atoms with Crippen molar-refractivity contribution >= 4 is 24.0 Å². The van der Waals surface area contributed by atoms with Crippen LogP contribution >= 0.6 is 12.4 Å². The Morgan fingerprint density at radius 3 is 2.83 bits per heavy atom. The molecule has 1 aromatic rings. The number of benzene rings is 1. The number of nitrogens with one attached hydrogen (secondary N) is 1. The number of hydrogen-bond acceptors (Lipinski definition) is 2. The molecule has 0 spiro atoms. The summed E-state index contributed by atoms with van der Waals surface area (Å²) in [6.07, 6.45) is 2.48. The van der Waals surface area contributed by atoms with Crippen LogP contribution < -0.4 is 10.2 Å². The Hall–Kier alpha value is -1.06. The Balaban J connectivity index is 0.00000120. The monoisotopic (exact) mass is 266 g/mol. The molecule has 2 aliphatic heterocycles. The summed E-state index contributed by atoms with van der Waals surface area (Å²) in [6, 6.07) is 8.86. The van der Waals surface area contributed by atoms with Crippen molar-refractivity contribution in [3.05, 3.63) is 29.8 Å². The number of halogens is 1. The normalized spacial score (nSPS) is 25.7. The van der Waals surface area contributed by atoms with E-state index in [-0.39, 0.29) is 18.3 Å². The number of hydrogen-bond donors (Lipinski definition) is 1. The maximum absolute atomic E-state index is 11.7. The summed E-state index contributed by atoms with van der Waals surface area (Å²) < 4.78 is 0. The maximum Gasteiger partial charge on any atom is 0.223 e. The average Bonchev–Trinajstić information content (AvgIpc) is 2.95. The van der Waals surface area contributed by atoms with Crippen molar-refractivity contribution < 1.29 is 4.79 Å². The van der Waals surface area contributed by atoms with Crippen LogP contribution in [0, 0.1) is 0 Å². The van der Waals surface area contributed by atoms with E-state index in [0.29, 0.717) is 12.0 Å². The van der Waals surface area contributed by atoms with Gasteiger partial charge in [-0.2, -0.15) is 0 Å². The van der Waals surface area contributed by atoms with Gasteiger partial charge in [-0.25, -0.2) is 0 Å². The van der Waals surface area contributed by atoms with E-state index in [1.54, 1.807) is 6.92 Å². The van der Waals surface area contributed by atoms with Crippen LogP contribution in [0.15, 0.2) is 24.3 Å². The second-order valence-electron chi connectivity index (χ2n) is 5.00. The van der Waals surface area contributed by atoms with E-state index in [9.17, 15) is 4.79 Å². The molecule has 0 bridgehead atoms. The first-order valence-corrected chi connectivity index (χ1v) is 6.38. The first kappa shape index (κ1) is 13.4. The molecule has 3 nitrogen and oxygen atoms in total. The Bertz CT molecular complexity index is 443. The van der Waals surface area contributed by atoms with Crippen molar-refractivity contribution in [1.29, 1.82) is 0 Å². The zero-order valence-corrected chi connectivity index (χ0v) is 11.4. The molecule has 2 heterocycles. The quantitative estimate of drug-likeness (QED) is 0.846. The maximum atomic E-state index is 11.7. The van der Waals surface area contributed by atoms with Gasteiger partial charge in [-0.1, -0.05) is 18.2 Å². The van der Waals surface area contributed by atoms with Crippen LogP contribution in [0.3, 0.4) is 0 Å². The third kappa shape index (κ3) is 2.13. The van der Waals surface area contributed by atoms with Crippen molar-refractivity contribution in [2.45, 2.75) is 31.7 Å². The highest BCUT2D eigenvalue weighted by molar-refractivity contribution is 5.94. The fourth-order valence-corrected chi connectivity index (χ4v) is 3.14. The molecule has 1 fully saturated rings. The van der Waals surface area contributed by atoms with Gasteiger partial charge in [-0.3, -0.25) is 4.79 Å². The fourth-order valence-electron chi connectivity index (χ4n) is 3.14. The first-order chi connectivity index (χ1) is 8.27. The van der Waals surface area contributed by atoms with Gasteiger partial charge in [0.25, 0.3) is 0 Å². The Kier molecular flexibility index (Phi) is 3.93. The van der Waals surface area contributed by atoms with E-state index in [2.05, 4.69) is 23.5 Å². The fraction of sp³-hybridized carbons (Fsp3) is 0.500. The zero-order valence-electron chi connectivity index (χ0n) is 10.6. The number of carbonyl (C=O) groups is 1. The minimum atomic E-state index is 0. The second-order valence-corrected chi connectivity index (χ2v) is 5.00. The number of para-hydroxylation sites is 1. The Morgan fingerprint density at radius 2 is 2.17 bits per heavy atom. The van der Waals surface area contributed by atoms with Crippen LogP contribution in [-0.4, -0.2) is 25.0 Å². The van der Waals surface area contributed by atoms with E-state index < -0.39 is 0 Å². The van der Waals surface area contributed by atoms with Crippen molar-refractivity contribution in [1.82, 2.24) is 5.32 Å². The summed E-state index contributed by atoms with van der Waals surface area (Å²) in [4.78, 5) is 13.6. The molecule has 4 heteroatoms. The lowest BCUT2D eigenvalue weighted by Crippen LogP contribution is -2.34. The van der Waals surface area contributed by atoms with E-state index >= 15 is 0 Å². The molecule has 1 saturated heterocycles. The summed E-state index contributed by atoms with van der Waals surface area (Å²) in [5.74, 6) is 0.621. The van der Waals surface area contributed by atoms with Crippen LogP contribution in [0.25, 0.3) is 0 Å². The minimum Gasteiger partial charge on any atom is -0.313 e. The predicted molar refractivity (Wildman–Crippen MR) is 75.5 cm³/mol. The van der Waals surface area contributed by atoms with Crippen LogP contribution in [0.4, 0.5) is 5.69 Å². The largest absolute Gasteiger partial charge is 0.313 e. The Morgan fingerprint density at radius 1 is 1.39 bits per heavy atom. The van der Waals surface area contributed by atoms with Gasteiger partial charge < -0.3 is 10.2 Å². The zero-order chi connectivity index (χ0) is 11.8. The van der Waals surface area contributed by atoms with Gasteiger partial charge in [-0.05, 0) is 31.0 Å². The van der Waals surface area contributed by atoms with Crippen LogP contribution in [-0.2, 0) is 4.79 Å². The summed E-state index contributed by atoms with van der Waals surface area (Å²) >= 11 is 0. The molecule has 1 aromatic carbocycles. The number of anilines is 1. The van der Waals surface area contributed by atoms with Gasteiger partial charge in [0.15, 0.2) is 0 Å². The van der Waals surface area contributed by atoms with Crippen LogP contribution in [0.5, 0.6) is 0 Å². The number of rotatable bonds is 1. The van der Waals surface area contributed by atoms with Gasteiger partial charge in [0.2, 0.25) is 5.91 Å². The summed E-state index contributed by atoms with van der Waals surface area (Å²) in [6.45, 7) is 3.61. The van der Waals surface area contributed by atoms with Crippen LogP contribution in [0.2, 0.25) is 0 Å². The number of carbonyl (C=O) groups excluding carboxylic acids is 1. The SMILES string of the molecule is CC(=O)N1CC(C2CCCN2)c2ccccc21.Cl. The van der Waals surface area contributed by atoms with E-state index in [1.807, 2.05) is 11.0 Å². The highest BCUT2D eigenvalue weighted by atomic mass is 35.5. The van der Waals surface area contributed by atoms with Crippen molar-refractivity contribution in [2.75, 3.05) is 18.0 Å². The number of fused-ring (bicyclic) bond motifs is 1. The van der Waals surface area contributed by atoms with Crippen molar-refractivity contribution in [2.24, 2.45) is 0 Å². The summed E-state index contributed by atoms with van der Waals surface area (Å²) in [7, 11) is 0. The smallest absolute Gasteiger partial charge is 0.223 e. The first-order valence-electron chi connectivity index (χ1n) is 6.38. The van der Waals surface area contributed by atoms with Crippen molar-refractivity contribution in [3.8, 4) is 0 Å². The lowest BCUT2D eigenvalue weighted by Gasteiger charge is -2.20. The third-order valence-electron chi connectivity index (χ3n) is 3.97. The summed E-state index contributed by atoms with van der Waals surface area (Å²) in [5, 5.41) is 3.56. The molecular weight excluding hydrogens is 248 g/mol. The van der Waals surface area contributed by atoms with Crippen molar-refractivity contribution in [3.63, 3.8) is 0 Å². The van der Waals surface area contributed by atoms with Gasteiger partial charge in [0.1, 0.15) is 0 Å².